The molecule has 3 aromatic rings. The maximum Gasteiger partial charge on any atom is 0.321 e. The van der Waals surface area contributed by atoms with E-state index in [9.17, 15) is 30.1 Å². The van der Waals surface area contributed by atoms with Crippen LogP contribution in [0.1, 0.15) is 5.56 Å². The van der Waals surface area contributed by atoms with Crippen LogP contribution in [0.5, 0.6) is 5.75 Å². The quantitative estimate of drug-likeness (QED) is 0.551. The molecule has 1 aromatic heterocycles. The molecule has 27 heavy (non-hydrogen) atoms. The van der Waals surface area contributed by atoms with E-state index in [0.717, 1.165) is 16.8 Å². The van der Waals surface area contributed by atoms with E-state index in [1.807, 2.05) is 0 Å². The zero-order chi connectivity index (χ0) is 19.7. The fourth-order valence-electron chi connectivity index (χ4n) is 2.69. The van der Waals surface area contributed by atoms with Crippen molar-refractivity contribution in [2.45, 2.75) is 6.92 Å². The molecule has 1 N–H and O–H groups in total. The Bertz CT molecular complexity index is 1120. The second kappa shape index (κ2) is 6.67. The van der Waals surface area contributed by atoms with Crippen LogP contribution in [0.25, 0.3) is 16.8 Å². The first-order valence-electron chi connectivity index (χ1n) is 7.61. The predicted octanol–water partition coefficient (Wildman–Crippen LogP) is 2.73. The zero-order valence-corrected chi connectivity index (χ0v) is 13.9. The molecule has 0 aliphatic rings. The van der Waals surface area contributed by atoms with Crippen LogP contribution >= 0.6 is 0 Å². The average molecular weight is 368 g/mol. The summed E-state index contributed by atoms with van der Waals surface area (Å²) < 4.78 is 1.09. The van der Waals surface area contributed by atoms with Crippen molar-refractivity contribution in [2.75, 3.05) is 0 Å². The topological polar surface area (TPSA) is 141 Å². The molecule has 3 rings (SSSR count). The van der Waals surface area contributed by atoms with Crippen molar-refractivity contribution in [3.63, 3.8) is 0 Å². The van der Waals surface area contributed by atoms with Crippen LogP contribution in [0.3, 0.4) is 0 Å². The minimum atomic E-state index is -0.903. The van der Waals surface area contributed by atoms with Gasteiger partial charge in [0, 0.05) is 23.3 Å². The fraction of sp³-hybridized carbons (Fsp3) is 0.0588. The highest BCUT2D eigenvalue weighted by Gasteiger charge is 2.30. The van der Waals surface area contributed by atoms with Crippen molar-refractivity contribution in [1.82, 2.24) is 9.78 Å². The molecule has 10 heteroatoms. The molecule has 0 saturated heterocycles. The zero-order valence-electron chi connectivity index (χ0n) is 13.9. The van der Waals surface area contributed by atoms with Gasteiger partial charge in [-0.25, -0.2) is 0 Å². The Morgan fingerprint density at radius 1 is 1.07 bits per heavy atom. The number of aromatic hydroxyl groups is 1. The summed E-state index contributed by atoms with van der Waals surface area (Å²) in [5.74, 6) is -0.762. The maximum atomic E-state index is 12.4. The summed E-state index contributed by atoms with van der Waals surface area (Å²) in [5, 5.41) is 36.7. The Kier molecular flexibility index (Phi) is 4.38. The van der Waals surface area contributed by atoms with Crippen LogP contribution in [-0.2, 0) is 0 Å². The van der Waals surface area contributed by atoms with Gasteiger partial charge in [-0.2, -0.15) is 9.78 Å². The van der Waals surface area contributed by atoms with Crippen LogP contribution in [0.2, 0.25) is 0 Å². The molecular weight excluding hydrogens is 356 g/mol. The number of aromatic nitrogens is 2. The van der Waals surface area contributed by atoms with Crippen molar-refractivity contribution in [2.24, 2.45) is 0 Å². The smallest absolute Gasteiger partial charge is 0.321 e. The lowest BCUT2D eigenvalue weighted by Crippen LogP contribution is -2.20. The summed E-state index contributed by atoms with van der Waals surface area (Å²) in [4.78, 5) is 33.2. The van der Waals surface area contributed by atoms with Crippen molar-refractivity contribution >= 4 is 11.4 Å². The number of rotatable bonds is 4. The van der Waals surface area contributed by atoms with Gasteiger partial charge in [0.1, 0.15) is 5.56 Å². The van der Waals surface area contributed by atoms with E-state index in [1.165, 1.54) is 13.1 Å². The van der Waals surface area contributed by atoms with Gasteiger partial charge in [0.2, 0.25) is 5.75 Å². The summed E-state index contributed by atoms with van der Waals surface area (Å²) >= 11 is 0. The summed E-state index contributed by atoms with van der Waals surface area (Å²) in [6, 6.07) is 10.6. The highest BCUT2D eigenvalue weighted by molar-refractivity contribution is 5.80. The van der Waals surface area contributed by atoms with Gasteiger partial charge in [0.15, 0.2) is 0 Å². The Morgan fingerprint density at radius 2 is 1.74 bits per heavy atom. The van der Waals surface area contributed by atoms with E-state index in [0.29, 0.717) is 5.69 Å². The average Bonchev–Trinajstić information content (AvgIpc) is 2.62. The van der Waals surface area contributed by atoms with Gasteiger partial charge in [0.05, 0.1) is 21.7 Å². The van der Waals surface area contributed by atoms with E-state index < -0.39 is 32.5 Å². The Hall–Kier alpha value is -4.08. The number of benzene rings is 2. The lowest BCUT2D eigenvalue weighted by Gasteiger charge is -2.09. The van der Waals surface area contributed by atoms with Gasteiger partial charge >= 0.3 is 5.69 Å². The maximum absolute atomic E-state index is 12.4. The third-order valence-corrected chi connectivity index (χ3v) is 3.99. The fourth-order valence-corrected chi connectivity index (χ4v) is 2.69. The molecule has 0 aliphatic carbocycles. The molecule has 0 unspecified atom stereocenters. The molecule has 0 aliphatic heterocycles. The first-order valence-corrected chi connectivity index (χ1v) is 7.61. The van der Waals surface area contributed by atoms with E-state index in [-0.39, 0.29) is 16.7 Å². The molecule has 0 saturated carbocycles. The lowest BCUT2D eigenvalue weighted by molar-refractivity contribution is -0.395. The molecule has 0 radical (unpaired) electrons. The van der Waals surface area contributed by atoms with Crippen LogP contribution in [0, 0.1) is 27.2 Å². The number of phenolic OH excluding ortho intramolecular Hbond substituents is 1. The van der Waals surface area contributed by atoms with Crippen LogP contribution in [-0.4, -0.2) is 24.7 Å². The van der Waals surface area contributed by atoms with E-state index >= 15 is 0 Å². The Morgan fingerprint density at radius 3 is 2.30 bits per heavy atom. The lowest BCUT2D eigenvalue weighted by atomic mass is 10.0. The molecule has 1 heterocycles. The molecule has 0 bridgehead atoms. The van der Waals surface area contributed by atoms with Crippen molar-refractivity contribution in [1.29, 1.82) is 0 Å². The first-order chi connectivity index (χ1) is 12.8. The SMILES string of the molecule is Cc1c([N+](=O)[O-])cc(-c2cnn(-c3ccccc3)c(=O)c2)c(O)c1[N+](=O)[O-]. The first kappa shape index (κ1) is 17.7. The van der Waals surface area contributed by atoms with Gasteiger partial charge in [0.25, 0.3) is 11.2 Å². The van der Waals surface area contributed by atoms with Gasteiger partial charge < -0.3 is 5.11 Å². The molecule has 0 amide bonds. The second-order valence-corrected chi connectivity index (χ2v) is 5.61. The Labute approximate surface area is 151 Å². The number of nitro groups is 2. The summed E-state index contributed by atoms with van der Waals surface area (Å²) in [6.45, 7) is 1.17. The summed E-state index contributed by atoms with van der Waals surface area (Å²) in [6.07, 6.45) is 1.20. The van der Waals surface area contributed by atoms with Gasteiger partial charge in [-0.1, -0.05) is 18.2 Å². The van der Waals surface area contributed by atoms with E-state index in [4.69, 9.17) is 0 Å². The summed E-state index contributed by atoms with van der Waals surface area (Å²) in [5.41, 5.74) is -1.87. The molecule has 10 nitrogen and oxygen atoms in total. The third-order valence-electron chi connectivity index (χ3n) is 3.99. The number of para-hydroxylation sites is 1. The highest BCUT2D eigenvalue weighted by Crippen LogP contribution is 2.43. The largest absolute Gasteiger partial charge is 0.502 e. The molecule has 0 fully saturated rings. The molecular formula is C17H12N4O6. The molecule has 2 aromatic carbocycles. The van der Waals surface area contributed by atoms with Crippen molar-refractivity contribution in [3.05, 3.63) is 84.8 Å². The molecule has 0 spiro atoms. The predicted molar refractivity (Wildman–Crippen MR) is 95.0 cm³/mol. The number of nitro benzene ring substituents is 2. The highest BCUT2D eigenvalue weighted by atomic mass is 16.6. The standard InChI is InChI=1S/C17H12N4O6/c1-10-14(20(24)25)8-13(17(23)16(10)21(26)27)11-7-15(22)19(18-9-11)12-5-3-2-4-6-12/h2-9,23H,1H3. The van der Waals surface area contributed by atoms with Gasteiger partial charge in [-0.05, 0) is 19.1 Å². The third kappa shape index (κ3) is 3.11. The van der Waals surface area contributed by atoms with Crippen molar-refractivity contribution < 1.29 is 15.0 Å². The monoisotopic (exact) mass is 368 g/mol. The van der Waals surface area contributed by atoms with Crippen molar-refractivity contribution in [3.8, 4) is 22.6 Å². The molecule has 136 valence electrons. The van der Waals surface area contributed by atoms with Gasteiger partial charge in [-0.15, -0.1) is 0 Å². The minimum Gasteiger partial charge on any atom is -0.502 e. The summed E-state index contributed by atoms with van der Waals surface area (Å²) in [7, 11) is 0. The number of hydrogen-bond acceptors (Lipinski definition) is 7. The number of nitrogens with zero attached hydrogens (tertiary/aromatic N) is 4. The van der Waals surface area contributed by atoms with E-state index in [1.54, 1.807) is 30.3 Å². The Balaban J connectivity index is 2.23. The van der Waals surface area contributed by atoms with Crippen LogP contribution in [0.15, 0.2) is 53.5 Å². The van der Waals surface area contributed by atoms with Gasteiger partial charge in [-0.3, -0.25) is 25.0 Å². The minimum absolute atomic E-state index is 0.0240. The normalized spacial score (nSPS) is 10.6. The van der Waals surface area contributed by atoms with Crippen LogP contribution < -0.4 is 5.56 Å². The number of hydrogen-bond donors (Lipinski definition) is 1. The second-order valence-electron chi connectivity index (χ2n) is 5.61. The number of phenols is 1. The van der Waals surface area contributed by atoms with Crippen LogP contribution in [0.4, 0.5) is 11.4 Å². The molecule has 0 atom stereocenters. The van der Waals surface area contributed by atoms with E-state index in [2.05, 4.69) is 5.10 Å².